The number of aromatic nitrogens is 1. The Hall–Kier alpha value is -4.01. The number of nitro benzene ring substituents is 1. The van der Waals surface area contributed by atoms with Crippen LogP contribution in [0, 0.1) is 17.0 Å². The van der Waals surface area contributed by atoms with Gasteiger partial charge >= 0.3 is 5.97 Å². The fraction of sp³-hybridized carbons (Fsp3) is 0.0556. The summed E-state index contributed by atoms with van der Waals surface area (Å²) in [5, 5.41) is 14.7. The minimum absolute atomic E-state index is 0.0381. The molecule has 0 bridgehead atoms. The Morgan fingerprint density at radius 3 is 2.59 bits per heavy atom. The number of nitrogens with one attached hydrogen (secondary N) is 1. The third kappa shape index (κ3) is 3.82. The number of hydroxylamine groups is 1. The molecule has 0 atom stereocenters. The van der Waals surface area contributed by atoms with Crippen LogP contribution in [0.25, 0.3) is 11.3 Å². The van der Waals surface area contributed by atoms with Crippen LogP contribution >= 0.6 is 0 Å². The fourth-order valence-corrected chi connectivity index (χ4v) is 2.37. The molecular weight excluding hydrogens is 354 g/mol. The van der Waals surface area contributed by atoms with E-state index in [2.05, 4.69) is 10.6 Å². The van der Waals surface area contributed by atoms with Crippen LogP contribution in [0.1, 0.15) is 26.5 Å². The molecule has 9 heteroatoms. The minimum atomic E-state index is -0.903. The second kappa shape index (κ2) is 7.48. The largest absolute Gasteiger partial charge is 0.368 e. The summed E-state index contributed by atoms with van der Waals surface area (Å²) in [6, 6.07) is 13.8. The second-order valence-electron chi connectivity index (χ2n) is 5.46. The van der Waals surface area contributed by atoms with Gasteiger partial charge in [0.1, 0.15) is 17.0 Å². The topological polar surface area (TPSA) is 125 Å². The maximum absolute atomic E-state index is 12.4. The summed E-state index contributed by atoms with van der Waals surface area (Å²) in [6.45, 7) is 1.49. The van der Waals surface area contributed by atoms with E-state index < -0.39 is 16.8 Å². The van der Waals surface area contributed by atoms with Crippen molar-refractivity contribution in [3.05, 3.63) is 81.6 Å². The van der Waals surface area contributed by atoms with Crippen molar-refractivity contribution in [2.75, 3.05) is 0 Å². The molecule has 0 saturated heterocycles. The van der Waals surface area contributed by atoms with Crippen molar-refractivity contribution in [3.8, 4) is 11.3 Å². The highest BCUT2D eigenvalue weighted by Gasteiger charge is 2.25. The zero-order valence-corrected chi connectivity index (χ0v) is 14.0. The molecule has 0 spiro atoms. The van der Waals surface area contributed by atoms with Crippen molar-refractivity contribution < 1.29 is 23.9 Å². The van der Waals surface area contributed by atoms with Crippen molar-refractivity contribution in [1.82, 2.24) is 10.6 Å². The molecule has 1 heterocycles. The maximum Gasteiger partial charge on any atom is 0.368 e. The summed E-state index contributed by atoms with van der Waals surface area (Å²) < 4.78 is 5.03. The highest BCUT2D eigenvalue weighted by molar-refractivity contribution is 5.99. The number of hydrogen-bond donors (Lipinski definition) is 1. The van der Waals surface area contributed by atoms with Crippen LogP contribution in [0.15, 0.2) is 59.1 Å². The van der Waals surface area contributed by atoms with Gasteiger partial charge in [-0.25, -0.2) is 4.79 Å². The monoisotopic (exact) mass is 367 g/mol. The van der Waals surface area contributed by atoms with Crippen molar-refractivity contribution in [1.29, 1.82) is 0 Å². The summed E-state index contributed by atoms with van der Waals surface area (Å²) in [5.74, 6) is -1.36. The first-order valence-electron chi connectivity index (χ1n) is 7.75. The molecule has 0 aliphatic rings. The molecule has 2 aromatic carbocycles. The number of aryl methyl sites for hydroxylation is 1. The first-order valence-corrected chi connectivity index (χ1v) is 7.75. The zero-order chi connectivity index (χ0) is 19.4. The molecule has 0 radical (unpaired) electrons. The van der Waals surface area contributed by atoms with Gasteiger partial charge in [0, 0.05) is 23.3 Å². The van der Waals surface area contributed by atoms with Gasteiger partial charge in [-0.15, -0.1) is 0 Å². The molecule has 27 heavy (non-hydrogen) atoms. The zero-order valence-electron chi connectivity index (χ0n) is 14.0. The normalized spacial score (nSPS) is 10.3. The average molecular weight is 367 g/mol. The third-order valence-corrected chi connectivity index (χ3v) is 3.67. The molecular formula is C18H13N3O6. The van der Waals surface area contributed by atoms with Crippen LogP contribution in [0.3, 0.4) is 0 Å². The predicted octanol–water partition coefficient (Wildman–Crippen LogP) is 3.06. The van der Waals surface area contributed by atoms with Gasteiger partial charge in [-0.1, -0.05) is 35.5 Å². The van der Waals surface area contributed by atoms with Crippen LogP contribution < -0.4 is 5.48 Å². The van der Waals surface area contributed by atoms with Gasteiger partial charge in [0.2, 0.25) is 0 Å². The SMILES string of the molecule is Cc1onc(-c2cccc([N+](=O)[O-])c2)c1C(=O)ONC(=O)c1ccccc1. The molecule has 0 saturated carbocycles. The van der Waals surface area contributed by atoms with Crippen molar-refractivity contribution in [3.63, 3.8) is 0 Å². The lowest BCUT2D eigenvalue weighted by atomic mass is 10.1. The van der Waals surface area contributed by atoms with Gasteiger partial charge in [0.05, 0.1) is 4.92 Å². The first kappa shape index (κ1) is 17.8. The smallest absolute Gasteiger partial charge is 0.360 e. The molecule has 0 aliphatic heterocycles. The minimum Gasteiger partial charge on any atom is -0.360 e. The van der Waals surface area contributed by atoms with Gasteiger partial charge in [-0.2, -0.15) is 5.48 Å². The standard InChI is InChI=1S/C18H13N3O6/c1-11-15(18(23)27-20-17(22)12-6-3-2-4-7-12)16(19-26-11)13-8-5-9-14(10-13)21(24)25/h2-10H,1H3,(H,20,22). The second-order valence-corrected chi connectivity index (χ2v) is 5.46. The molecule has 3 aromatic rings. The highest BCUT2D eigenvalue weighted by Crippen LogP contribution is 2.28. The van der Waals surface area contributed by atoms with Crippen molar-refractivity contribution >= 4 is 17.6 Å². The van der Waals surface area contributed by atoms with Crippen LogP contribution in [0.2, 0.25) is 0 Å². The number of carbonyl (C=O) groups is 2. The average Bonchev–Trinajstić information content (AvgIpc) is 3.08. The molecule has 9 nitrogen and oxygen atoms in total. The molecule has 1 N–H and O–H groups in total. The number of nitrogens with zero attached hydrogens (tertiary/aromatic N) is 2. The molecule has 0 aliphatic carbocycles. The van der Waals surface area contributed by atoms with E-state index in [1.54, 1.807) is 36.4 Å². The Bertz CT molecular complexity index is 1010. The van der Waals surface area contributed by atoms with Crippen molar-refractivity contribution in [2.45, 2.75) is 6.92 Å². The number of nitro groups is 1. The van der Waals surface area contributed by atoms with Gasteiger partial charge in [-0.05, 0) is 19.1 Å². The van der Waals surface area contributed by atoms with Crippen LogP contribution in [0.4, 0.5) is 5.69 Å². The summed E-state index contributed by atoms with van der Waals surface area (Å²) in [6.07, 6.45) is 0. The highest BCUT2D eigenvalue weighted by atomic mass is 16.7. The maximum atomic E-state index is 12.4. The Balaban J connectivity index is 1.82. The number of carbonyl (C=O) groups excluding carboxylic acids is 2. The summed E-state index contributed by atoms with van der Waals surface area (Å²) in [5.41, 5.74) is 2.55. The molecule has 1 aromatic heterocycles. The van der Waals surface area contributed by atoms with Gasteiger partial charge in [-0.3, -0.25) is 14.9 Å². The van der Waals surface area contributed by atoms with E-state index in [9.17, 15) is 19.7 Å². The van der Waals surface area contributed by atoms with Crippen molar-refractivity contribution in [2.24, 2.45) is 0 Å². The van der Waals surface area contributed by atoms with E-state index in [0.29, 0.717) is 11.1 Å². The van der Waals surface area contributed by atoms with E-state index in [1.807, 2.05) is 0 Å². The number of rotatable bonds is 4. The number of benzene rings is 2. The number of amides is 1. The molecule has 136 valence electrons. The summed E-state index contributed by atoms with van der Waals surface area (Å²) in [7, 11) is 0. The van der Waals surface area contributed by atoms with Gasteiger partial charge < -0.3 is 9.36 Å². The lowest BCUT2D eigenvalue weighted by Crippen LogP contribution is -2.27. The summed E-state index contributed by atoms with van der Waals surface area (Å²) in [4.78, 5) is 39.6. The van der Waals surface area contributed by atoms with Crippen LogP contribution in [-0.2, 0) is 4.84 Å². The van der Waals surface area contributed by atoms with E-state index in [1.165, 1.54) is 25.1 Å². The van der Waals surface area contributed by atoms with E-state index >= 15 is 0 Å². The van der Waals surface area contributed by atoms with E-state index in [-0.39, 0.29) is 22.7 Å². The quantitative estimate of drug-likeness (QED) is 0.555. The molecule has 0 unspecified atom stereocenters. The van der Waals surface area contributed by atoms with Crippen LogP contribution in [0.5, 0.6) is 0 Å². The third-order valence-electron chi connectivity index (χ3n) is 3.67. The number of hydrogen-bond acceptors (Lipinski definition) is 7. The molecule has 1 amide bonds. The fourth-order valence-electron chi connectivity index (χ4n) is 2.37. The van der Waals surface area contributed by atoms with E-state index in [4.69, 9.17) is 9.36 Å². The lowest BCUT2D eigenvalue weighted by Gasteiger charge is -2.06. The van der Waals surface area contributed by atoms with Gasteiger partial charge in [0.15, 0.2) is 0 Å². The molecule has 0 fully saturated rings. The lowest BCUT2D eigenvalue weighted by molar-refractivity contribution is -0.384. The summed E-state index contributed by atoms with van der Waals surface area (Å²) >= 11 is 0. The predicted molar refractivity (Wildman–Crippen MR) is 92.7 cm³/mol. The number of non-ortho nitro benzene ring substituents is 1. The van der Waals surface area contributed by atoms with Crippen LogP contribution in [-0.4, -0.2) is 22.0 Å². The van der Waals surface area contributed by atoms with E-state index in [0.717, 1.165) is 0 Å². The first-order chi connectivity index (χ1) is 13.0. The Kier molecular flexibility index (Phi) is 4.93. The Morgan fingerprint density at radius 1 is 1.15 bits per heavy atom. The Labute approximate surface area is 152 Å². The van der Waals surface area contributed by atoms with Gasteiger partial charge in [0.25, 0.3) is 11.6 Å². The Morgan fingerprint density at radius 2 is 1.89 bits per heavy atom. The molecule has 3 rings (SSSR count).